The van der Waals surface area contributed by atoms with Gasteiger partial charge in [-0.1, -0.05) is 15.9 Å². The summed E-state index contributed by atoms with van der Waals surface area (Å²) >= 11 is 4.90. The molecule has 2 bridgehead atoms. The maximum Gasteiger partial charge on any atom is 0.319 e. The Bertz CT molecular complexity index is 571. The van der Waals surface area contributed by atoms with Gasteiger partial charge in [-0.05, 0) is 34.1 Å². The van der Waals surface area contributed by atoms with Gasteiger partial charge in [-0.25, -0.2) is 8.42 Å². The molecule has 8 heteroatoms. The molecular formula is C13H20BrNO4S2. The Hall–Kier alpha value is 0.210. The van der Waals surface area contributed by atoms with Gasteiger partial charge >= 0.3 is 5.97 Å². The number of nitrogens with zero attached hydrogens (tertiary/aromatic N) is 1. The quantitative estimate of drug-likeness (QED) is 0.524. The van der Waals surface area contributed by atoms with Crippen LogP contribution in [0.25, 0.3) is 0 Å². The van der Waals surface area contributed by atoms with Gasteiger partial charge in [-0.3, -0.25) is 4.79 Å². The van der Waals surface area contributed by atoms with Crippen LogP contribution in [0.2, 0.25) is 0 Å². The average molecular weight is 398 g/mol. The van der Waals surface area contributed by atoms with E-state index in [0.29, 0.717) is 6.42 Å². The summed E-state index contributed by atoms with van der Waals surface area (Å²) in [5.74, 6) is -0.317. The van der Waals surface area contributed by atoms with Crippen LogP contribution >= 0.6 is 27.7 Å². The lowest BCUT2D eigenvalue weighted by atomic mass is 9.90. The van der Waals surface area contributed by atoms with E-state index in [0.717, 1.165) is 0 Å². The van der Waals surface area contributed by atoms with Crippen molar-refractivity contribution in [3.63, 3.8) is 0 Å². The predicted octanol–water partition coefficient (Wildman–Crippen LogP) is 1.75. The number of fused-ring (bicyclic) bond motifs is 1. The van der Waals surface area contributed by atoms with Gasteiger partial charge in [0.05, 0.1) is 11.3 Å². The number of carbonyl (C=O) groups excluding carboxylic acids is 1. The molecule has 3 aliphatic heterocycles. The maximum absolute atomic E-state index is 12.8. The van der Waals surface area contributed by atoms with Crippen molar-refractivity contribution in [2.75, 3.05) is 0 Å². The Morgan fingerprint density at radius 2 is 2.05 bits per heavy atom. The van der Waals surface area contributed by atoms with Crippen LogP contribution in [0.1, 0.15) is 34.1 Å². The van der Waals surface area contributed by atoms with Crippen molar-refractivity contribution in [2.24, 2.45) is 0 Å². The van der Waals surface area contributed by atoms with Gasteiger partial charge in [0.1, 0.15) is 10.9 Å². The van der Waals surface area contributed by atoms with E-state index in [1.807, 2.05) is 20.8 Å². The fourth-order valence-corrected chi connectivity index (χ4v) is 9.04. The third kappa shape index (κ3) is 2.28. The lowest BCUT2D eigenvalue weighted by molar-refractivity contribution is -0.151. The third-order valence-corrected chi connectivity index (χ3v) is 9.24. The van der Waals surface area contributed by atoms with E-state index in [9.17, 15) is 13.2 Å². The molecule has 0 aromatic carbocycles. The number of ether oxygens (including phenoxy) is 1. The van der Waals surface area contributed by atoms with E-state index in [1.165, 1.54) is 0 Å². The predicted molar refractivity (Wildman–Crippen MR) is 86.1 cm³/mol. The molecule has 3 heterocycles. The summed E-state index contributed by atoms with van der Waals surface area (Å²) in [6, 6.07) is -0.223. The topological polar surface area (TPSA) is 63.7 Å². The number of alkyl halides is 1. The van der Waals surface area contributed by atoms with E-state index in [2.05, 4.69) is 15.9 Å². The van der Waals surface area contributed by atoms with Crippen LogP contribution in [0.3, 0.4) is 0 Å². The first-order valence-electron chi connectivity index (χ1n) is 7.08. The summed E-state index contributed by atoms with van der Waals surface area (Å²) in [4.78, 5) is 11.5. The normalized spacial score (nSPS) is 42.2. The van der Waals surface area contributed by atoms with Gasteiger partial charge < -0.3 is 4.74 Å². The zero-order valence-electron chi connectivity index (χ0n) is 12.4. The third-order valence-electron chi connectivity index (χ3n) is 4.37. The highest BCUT2D eigenvalue weighted by atomic mass is 79.9. The summed E-state index contributed by atoms with van der Waals surface area (Å²) in [5.41, 5.74) is -0.499. The molecule has 0 spiro atoms. The van der Waals surface area contributed by atoms with E-state index in [-0.39, 0.29) is 38.7 Å². The number of hydrogen-bond acceptors (Lipinski definition) is 5. The number of rotatable bonds is 2. The van der Waals surface area contributed by atoms with Crippen LogP contribution in [0.15, 0.2) is 0 Å². The van der Waals surface area contributed by atoms with Crippen molar-refractivity contribution in [3.8, 4) is 0 Å². The molecular weight excluding hydrogens is 378 g/mol. The van der Waals surface area contributed by atoms with Crippen molar-refractivity contribution in [2.45, 2.75) is 72.4 Å². The van der Waals surface area contributed by atoms with E-state index in [4.69, 9.17) is 4.74 Å². The molecule has 3 saturated heterocycles. The van der Waals surface area contributed by atoms with Crippen LogP contribution in [0.4, 0.5) is 0 Å². The Kier molecular flexibility index (Phi) is 3.71. The van der Waals surface area contributed by atoms with Crippen LogP contribution in [0, 0.1) is 0 Å². The molecule has 0 aliphatic carbocycles. The van der Waals surface area contributed by atoms with Gasteiger partial charge in [0.15, 0.2) is 0 Å². The van der Waals surface area contributed by atoms with E-state index in [1.54, 1.807) is 23.0 Å². The largest absolute Gasteiger partial charge is 0.459 e. The molecule has 120 valence electrons. The lowest BCUT2D eigenvalue weighted by Crippen LogP contribution is -2.53. The Balaban J connectivity index is 1.96. The number of sulfonamides is 1. The Morgan fingerprint density at radius 3 is 2.57 bits per heavy atom. The smallest absolute Gasteiger partial charge is 0.319 e. The highest BCUT2D eigenvalue weighted by molar-refractivity contribution is 9.10. The molecule has 6 atom stereocenters. The highest BCUT2D eigenvalue weighted by Gasteiger charge is 2.70. The Labute approximate surface area is 138 Å². The second kappa shape index (κ2) is 4.85. The molecule has 6 unspecified atom stereocenters. The molecule has 0 saturated carbocycles. The second-order valence-corrected chi connectivity index (χ2v) is 11.8. The van der Waals surface area contributed by atoms with Crippen molar-refractivity contribution in [3.05, 3.63) is 0 Å². The van der Waals surface area contributed by atoms with Gasteiger partial charge in [0.25, 0.3) is 0 Å². The zero-order chi connectivity index (χ0) is 15.7. The van der Waals surface area contributed by atoms with Gasteiger partial charge in [0, 0.05) is 16.0 Å². The Morgan fingerprint density at radius 1 is 1.43 bits per heavy atom. The molecule has 0 radical (unpaired) electrons. The van der Waals surface area contributed by atoms with Crippen molar-refractivity contribution in [1.82, 2.24) is 4.31 Å². The van der Waals surface area contributed by atoms with Crippen LogP contribution in [-0.2, 0) is 19.6 Å². The molecule has 21 heavy (non-hydrogen) atoms. The molecule has 3 aliphatic rings. The number of halogens is 1. The standard InChI is InChI=1S/C13H20BrNO4S2/c1-6(14)12(16)19-10-7-5-8-11(20-7)9(10)15(13(2,3)4)21(8,17)18/h6-11H,5H2,1-4H3. The summed E-state index contributed by atoms with van der Waals surface area (Å²) in [5, 5.41) is -0.182. The SMILES string of the molecule is CC(Br)C(=O)OC1C2CC3C(S2)C1N(C(C)(C)C)S3(=O)=O. The summed E-state index contributed by atoms with van der Waals surface area (Å²) in [7, 11) is -3.31. The first-order chi connectivity index (χ1) is 9.55. The molecule has 0 amide bonds. The minimum Gasteiger partial charge on any atom is -0.459 e. The second-order valence-electron chi connectivity index (χ2n) is 6.93. The average Bonchev–Trinajstić information content (AvgIpc) is 2.90. The lowest BCUT2D eigenvalue weighted by Gasteiger charge is -2.37. The number of esters is 1. The molecule has 3 fully saturated rings. The van der Waals surface area contributed by atoms with Gasteiger partial charge in [-0.15, -0.1) is 11.8 Å². The van der Waals surface area contributed by atoms with Crippen molar-refractivity contribution < 1.29 is 17.9 Å². The fourth-order valence-electron chi connectivity index (χ4n) is 3.70. The molecule has 5 nitrogen and oxygen atoms in total. The molecule has 3 rings (SSSR count). The van der Waals surface area contributed by atoms with Gasteiger partial charge in [-0.2, -0.15) is 4.31 Å². The van der Waals surface area contributed by atoms with Crippen LogP contribution in [0.5, 0.6) is 0 Å². The van der Waals surface area contributed by atoms with Crippen molar-refractivity contribution >= 4 is 43.7 Å². The van der Waals surface area contributed by atoms with Crippen molar-refractivity contribution in [1.29, 1.82) is 0 Å². The number of carbonyl (C=O) groups is 1. The maximum atomic E-state index is 12.8. The first-order valence-corrected chi connectivity index (χ1v) is 10.4. The highest BCUT2D eigenvalue weighted by Crippen LogP contribution is 2.58. The molecule has 0 N–H and O–H groups in total. The zero-order valence-corrected chi connectivity index (χ0v) is 15.7. The van der Waals surface area contributed by atoms with Crippen LogP contribution < -0.4 is 0 Å². The minimum atomic E-state index is -3.31. The minimum absolute atomic E-state index is 0.0302. The van der Waals surface area contributed by atoms with E-state index < -0.39 is 15.6 Å². The first kappa shape index (κ1) is 16.1. The summed E-state index contributed by atoms with van der Waals surface area (Å²) < 4.78 is 32.8. The fraction of sp³-hybridized carbons (Fsp3) is 0.923. The summed E-state index contributed by atoms with van der Waals surface area (Å²) in [6.07, 6.45) is 0.260. The number of thioether (sulfide) groups is 1. The monoisotopic (exact) mass is 397 g/mol. The van der Waals surface area contributed by atoms with E-state index >= 15 is 0 Å². The number of hydrogen-bond donors (Lipinski definition) is 0. The summed E-state index contributed by atoms with van der Waals surface area (Å²) in [6.45, 7) is 7.43. The molecule has 0 aromatic heterocycles. The molecule has 0 aromatic rings. The van der Waals surface area contributed by atoms with Crippen LogP contribution in [-0.4, -0.2) is 57.0 Å². The van der Waals surface area contributed by atoms with Gasteiger partial charge in [0.2, 0.25) is 10.0 Å².